The number of rotatable bonds is 6. The van der Waals surface area contributed by atoms with Crippen molar-refractivity contribution in [2.24, 2.45) is 5.18 Å². The number of nitroso groups, excluding NO2 is 1. The molecule has 0 spiro atoms. The average molecular weight is 408 g/mol. The molecule has 0 fully saturated rings. The van der Waals surface area contributed by atoms with Crippen molar-refractivity contribution in [3.63, 3.8) is 0 Å². The Kier molecular flexibility index (Phi) is 5.84. The highest BCUT2D eigenvalue weighted by atomic mass is 16.5. The minimum Gasteiger partial charge on any atom is -0.496 e. The van der Waals surface area contributed by atoms with E-state index in [1.54, 1.807) is 31.4 Å². The van der Waals surface area contributed by atoms with Crippen molar-refractivity contribution in [2.75, 3.05) is 7.11 Å². The SMILES string of the molecule is COc1cc2c(cc1C(C=Cc1ccc(C(=O)O)cc1)N=O)C(C)(C)CCC2(C)C. The van der Waals surface area contributed by atoms with Crippen LogP contribution in [0.3, 0.4) is 0 Å². The lowest BCUT2D eigenvalue weighted by atomic mass is 9.62. The summed E-state index contributed by atoms with van der Waals surface area (Å²) in [6, 6.07) is 9.93. The minimum absolute atomic E-state index is 0.00961. The maximum atomic E-state index is 11.8. The van der Waals surface area contributed by atoms with Gasteiger partial charge in [0.05, 0.1) is 12.7 Å². The lowest BCUT2D eigenvalue weighted by Gasteiger charge is -2.42. The molecule has 1 unspecified atom stereocenters. The van der Waals surface area contributed by atoms with Crippen molar-refractivity contribution in [1.82, 2.24) is 0 Å². The summed E-state index contributed by atoms with van der Waals surface area (Å²) in [5.74, 6) is -0.308. The van der Waals surface area contributed by atoms with E-state index >= 15 is 0 Å². The van der Waals surface area contributed by atoms with Gasteiger partial charge >= 0.3 is 5.97 Å². The Morgan fingerprint density at radius 3 is 2.13 bits per heavy atom. The first-order valence-electron chi connectivity index (χ1n) is 10.2. The topological polar surface area (TPSA) is 76.0 Å². The molecule has 3 rings (SSSR count). The summed E-state index contributed by atoms with van der Waals surface area (Å²) in [4.78, 5) is 22.8. The van der Waals surface area contributed by atoms with E-state index in [4.69, 9.17) is 9.84 Å². The predicted octanol–water partition coefficient (Wildman–Crippen LogP) is 6.26. The number of nitrogens with zero attached hydrogens (tertiary/aromatic N) is 1. The maximum Gasteiger partial charge on any atom is 0.335 e. The van der Waals surface area contributed by atoms with Crippen molar-refractivity contribution in [3.05, 3.63) is 75.2 Å². The molecule has 0 saturated carbocycles. The average Bonchev–Trinajstić information content (AvgIpc) is 2.72. The number of aromatic carboxylic acids is 1. The van der Waals surface area contributed by atoms with Crippen molar-refractivity contribution >= 4 is 12.0 Å². The number of hydrogen-bond acceptors (Lipinski definition) is 4. The lowest BCUT2D eigenvalue weighted by Crippen LogP contribution is -2.34. The number of hydrogen-bond donors (Lipinski definition) is 1. The zero-order valence-corrected chi connectivity index (χ0v) is 18.2. The first-order chi connectivity index (χ1) is 14.1. The van der Waals surface area contributed by atoms with Crippen LogP contribution in [0.25, 0.3) is 6.08 Å². The molecule has 0 aliphatic heterocycles. The third kappa shape index (κ3) is 4.16. The molecule has 0 amide bonds. The molecule has 0 saturated heterocycles. The maximum absolute atomic E-state index is 11.8. The highest BCUT2D eigenvalue weighted by Gasteiger charge is 2.38. The normalized spacial score (nSPS) is 17.9. The van der Waals surface area contributed by atoms with Crippen LogP contribution in [-0.4, -0.2) is 18.2 Å². The van der Waals surface area contributed by atoms with Crippen molar-refractivity contribution < 1.29 is 14.6 Å². The van der Waals surface area contributed by atoms with Gasteiger partial charge in [-0.25, -0.2) is 4.79 Å². The molecule has 1 atom stereocenters. The standard InChI is InChI=1S/C25H29NO4/c1-24(2)12-13-25(3,4)20-15-22(30-5)18(14-19(20)24)21(26-29)11-8-16-6-9-17(10-7-16)23(27)28/h6-11,14-15,21H,12-13H2,1-5H3,(H,27,28). The van der Waals surface area contributed by atoms with Gasteiger partial charge in [-0.3, -0.25) is 0 Å². The summed E-state index contributed by atoms with van der Waals surface area (Å²) < 4.78 is 5.65. The van der Waals surface area contributed by atoms with Gasteiger partial charge in [-0.2, -0.15) is 0 Å². The molecular formula is C25H29NO4. The second kappa shape index (κ2) is 8.05. The molecule has 0 radical (unpaired) electrons. The third-order valence-corrected chi connectivity index (χ3v) is 6.26. The van der Waals surface area contributed by atoms with E-state index in [1.807, 2.05) is 0 Å². The van der Waals surface area contributed by atoms with Gasteiger partial charge in [0, 0.05) is 5.56 Å². The fourth-order valence-electron chi connectivity index (χ4n) is 4.15. The largest absolute Gasteiger partial charge is 0.496 e. The molecule has 30 heavy (non-hydrogen) atoms. The van der Waals surface area contributed by atoms with Crippen LogP contribution in [0.1, 0.15) is 79.2 Å². The number of ether oxygens (including phenoxy) is 1. The minimum atomic E-state index is -0.970. The van der Waals surface area contributed by atoms with Gasteiger partial charge in [-0.15, -0.1) is 4.91 Å². The van der Waals surface area contributed by atoms with E-state index < -0.39 is 12.0 Å². The Morgan fingerprint density at radius 2 is 1.63 bits per heavy atom. The van der Waals surface area contributed by atoms with Gasteiger partial charge in [0.2, 0.25) is 0 Å². The molecule has 0 bridgehead atoms. The van der Waals surface area contributed by atoms with Crippen LogP contribution in [-0.2, 0) is 10.8 Å². The van der Waals surface area contributed by atoms with E-state index in [0.717, 1.165) is 24.0 Å². The second-order valence-electron chi connectivity index (χ2n) is 9.24. The van der Waals surface area contributed by atoms with Gasteiger partial charge in [0.25, 0.3) is 0 Å². The smallest absolute Gasteiger partial charge is 0.335 e. The van der Waals surface area contributed by atoms with E-state index in [-0.39, 0.29) is 16.4 Å². The molecule has 2 aromatic carbocycles. The van der Waals surface area contributed by atoms with Gasteiger partial charge in [-0.1, -0.05) is 57.2 Å². The monoisotopic (exact) mass is 407 g/mol. The summed E-state index contributed by atoms with van der Waals surface area (Å²) in [7, 11) is 1.61. The Hall–Kier alpha value is -2.95. The van der Waals surface area contributed by atoms with Crippen LogP contribution in [0.4, 0.5) is 0 Å². The Balaban J connectivity index is 2.02. The van der Waals surface area contributed by atoms with Crippen molar-refractivity contribution in [3.8, 4) is 5.75 Å². The number of fused-ring (bicyclic) bond motifs is 1. The summed E-state index contributed by atoms with van der Waals surface area (Å²) in [6.07, 6.45) is 5.68. The number of methoxy groups -OCH3 is 1. The fourth-order valence-corrected chi connectivity index (χ4v) is 4.15. The predicted molar refractivity (Wildman–Crippen MR) is 119 cm³/mol. The summed E-state index contributed by atoms with van der Waals surface area (Å²) in [5, 5.41) is 12.4. The fraction of sp³-hybridized carbons (Fsp3) is 0.400. The van der Waals surface area contributed by atoms with Crippen LogP contribution in [0.5, 0.6) is 5.75 Å². The highest BCUT2D eigenvalue weighted by Crippen LogP contribution is 2.48. The van der Waals surface area contributed by atoms with Crippen molar-refractivity contribution in [2.45, 2.75) is 57.4 Å². The van der Waals surface area contributed by atoms with E-state index in [2.05, 4.69) is 45.0 Å². The molecule has 2 aromatic rings. The van der Waals surface area contributed by atoms with Crippen LogP contribution in [0.2, 0.25) is 0 Å². The van der Waals surface area contributed by atoms with Crippen LogP contribution < -0.4 is 4.74 Å². The lowest BCUT2D eigenvalue weighted by molar-refractivity contribution is 0.0697. The molecule has 158 valence electrons. The summed E-state index contributed by atoms with van der Waals surface area (Å²) in [6.45, 7) is 8.97. The van der Waals surface area contributed by atoms with Crippen LogP contribution in [0, 0.1) is 4.91 Å². The second-order valence-corrected chi connectivity index (χ2v) is 9.24. The highest BCUT2D eigenvalue weighted by molar-refractivity contribution is 5.87. The quantitative estimate of drug-likeness (QED) is 0.573. The zero-order chi connectivity index (χ0) is 22.1. The van der Waals surface area contributed by atoms with Gasteiger partial charge < -0.3 is 9.84 Å². The number of carboxylic acids is 1. The number of carbonyl (C=O) groups is 1. The molecule has 1 N–H and O–H groups in total. The first kappa shape index (κ1) is 21.8. The first-order valence-corrected chi connectivity index (χ1v) is 10.2. The molecule has 5 heteroatoms. The Bertz CT molecular complexity index is 987. The number of benzene rings is 2. The third-order valence-electron chi connectivity index (χ3n) is 6.26. The number of carboxylic acid groups (broad SMARTS) is 1. The van der Waals surface area contributed by atoms with Gasteiger partial charge in [0.1, 0.15) is 11.8 Å². The Labute approximate surface area is 177 Å². The zero-order valence-electron chi connectivity index (χ0n) is 18.2. The van der Waals surface area contributed by atoms with Crippen LogP contribution >= 0.6 is 0 Å². The molecule has 0 aromatic heterocycles. The molecule has 1 aliphatic carbocycles. The van der Waals surface area contributed by atoms with Gasteiger partial charge in [0.15, 0.2) is 0 Å². The van der Waals surface area contributed by atoms with E-state index in [1.165, 1.54) is 23.3 Å². The molecule has 1 aliphatic rings. The van der Waals surface area contributed by atoms with Crippen LogP contribution in [0.15, 0.2) is 47.7 Å². The summed E-state index contributed by atoms with van der Waals surface area (Å²) in [5.41, 5.74) is 4.32. The Morgan fingerprint density at radius 1 is 1.07 bits per heavy atom. The van der Waals surface area contributed by atoms with E-state index in [9.17, 15) is 9.70 Å². The van der Waals surface area contributed by atoms with Crippen molar-refractivity contribution in [1.29, 1.82) is 0 Å². The van der Waals surface area contributed by atoms with Gasteiger partial charge in [-0.05, 0) is 64.6 Å². The summed E-state index contributed by atoms with van der Waals surface area (Å²) >= 11 is 0. The molecule has 0 heterocycles. The molecule has 5 nitrogen and oxygen atoms in total. The van der Waals surface area contributed by atoms with E-state index in [0.29, 0.717) is 5.75 Å². The molecular weight excluding hydrogens is 378 g/mol.